The first-order valence-electron chi connectivity index (χ1n) is 4.25. The summed E-state index contributed by atoms with van der Waals surface area (Å²) < 4.78 is 0. The summed E-state index contributed by atoms with van der Waals surface area (Å²) in [5, 5.41) is 36.0. The minimum absolute atomic E-state index is 0.0912. The number of hydrogen-bond acceptors (Lipinski definition) is 7. The van der Waals surface area contributed by atoms with E-state index in [1.165, 1.54) is 0 Å². The van der Waals surface area contributed by atoms with Crippen LogP contribution >= 0.6 is 0 Å². The number of carbonyl (C=O) groups excluding carboxylic acids is 2. The van der Waals surface area contributed by atoms with Crippen molar-refractivity contribution in [2.24, 2.45) is 5.73 Å². The molecular weight excluding hydrogens is 224 g/mol. The van der Waals surface area contributed by atoms with Crippen LogP contribution in [-0.4, -0.2) is 63.8 Å². The number of rotatable bonds is 7. The van der Waals surface area contributed by atoms with E-state index in [9.17, 15) is 19.8 Å². The zero-order valence-corrected chi connectivity index (χ0v) is 8.18. The summed E-state index contributed by atoms with van der Waals surface area (Å²) in [6, 6.07) is -1.10. The van der Waals surface area contributed by atoms with E-state index in [1.807, 2.05) is 0 Å². The predicted molar refractivity (Wildman–Crippen MR) is 48.8 cm³/mol. The highest BCUT2D eigenvalue weighted by molar-refractivity contribution is 5.70. The zero-order chi connectivity index (χ0) is 12.7. The summed E-state index contributed by atoms with van der Waals surface area (Å²) in [7, 11) is 0. The lowest BCUT2D eigenvalue weighted by Crippen LogP contribution is -2.49. The molecule has 0 aliphatic heterocycles. The van der Waals surface area contributed by atoms with Crippen molar-refractivity contribution < 1.29 is 34.9 Å². The fourth-order valence-electron chi connectivity index (χ4n) is 0.834. The second-order valence-corrected chi connectivity index (χ2v) is 2.92. The molecular formula is C7H14N2O7. The van der Waals surface area contributed by atoms with Gasteiger partial charge in [0, 0.05) is 0 Å². The van der Waals surface area contributed by atoms with Crippen molar-refractivity contribution in [2.45, 2.75) is 24.4 Å². The molecule has 0 bridgehead atoms. The second kappa shape index (κ2) is 7.09. The highest BCUT2D eigenvalue weighted by Crippen LogP contribution is 2.05. The summed E-state index contributed by atoms with van der Waals surface area (Å²) in [6.45, 7) is -0.812. The highest BCUT2D eigenvalue weighted by atomic mass is 16.7. The Balaban J connectivity index is 4.33. The zero-order valence-electron chi connectivity index (χ0n) is 8.18. The minimum atomic E-state index is -1.83. The van der Waals surface area contributed by atoms with Gasteiger partial charge in [-0.3, -0.25) is 4.84 Å². The molecule has 94 valence electrons. The molecule has 9 heteroatoms. The Hall–Kier alpha value is -1.26. The number of hydroxylamine groups is 1. The molecule has 2 amide bonds. The maximum atomic E-state index is 10.4. The van der Waals surface area contributed by atoms with Gasteiger partial charge in [0.1, 0.15) is 18.3 Å². The number of aliphatic hydroxyl groups excluding tert-OH is 4. The van der Waals surface area contributed by atoms with Gasteiger partial charge in [0.15, 0.2) is 12.4 Å². The predicted octanol–water partition coefficient (Wildman–Crippen LogP) is -3.77. The standard InChI is InChI=1S/C7H14N2O7/c8-7(15)9-16-4(2-11)6(14)5(13)3(12)1-10/h2-6,10,12-14H,1H2,(H3,8,9,15). The van der Waals surface area contributed by atoms with Crippen LogP contribution in [0.3, 0.4) is 0 Å². The fourth-order valence-corrected chi connectivity index (χ4v) is 0.834. The molecule has 0 aliphatic rings. The molecule has 4 atom stereocenters. The van der Waals surface area contributed by atoms with Gasteiger partial charge in [-0.1, -0.05) is 0 Å². The Kier molecular flexibility index (Phi) is 6.53. The van der Waals surface area contributed by atoms with Crippen molar-refractivity contribution in [1.82, 2.24) is 5.48 Å². The van der Waals surface area contributed by atoms with Crippen LogP contribution < -0.4 is 11.2 Å². The SMILES string of the molecule is NC(=O)NOC(C=O)C(O)C(O)C(O)CO. The number of carbonyl (C=O) groups is 2. The van der Waals surface area contributed by atoms with Crippen molar-refractivity contribution in [3.63, 3.8) is 0 Å². The molecule has 16 heavy (non-hydrogen) atoms. The lowest BCUT2D eigenvalue weighted by Gasteiger charge is -2.24. The summed E-state index contributed by atoms with van der Waals surface area (Å²) in [5.41, 5.74) is 6.21. The van der Waals surface area contributed by atoms with Crippen molar-refractivity contribution in [2.75, 3.05) is 6.61 Å². The molecule has 0 radical (unpaired) electrons. The Morgan fingerprint density at radius 3 is 2.31 bits per heavy atom. The van der Waals surface area contributed by atoms with Crippen LogP contribution in [0.2, 0.25) is 0 Å². The number of hydrogen-bond donors (Lipinski definition) is 6. The summed E-state index contributed by atoms with van der Waals surface area (Å²) in [6.07, 6.45) is -6.81. The lowest BCUT2D eigenvalue weighted by atomic mass is 10.0. The monoisotopic (exact) mass is 238 g/mol. The van der Waals surface area contributed by atoms with E-state index in [0.717, 1.165) is 0 Å². The van der Waals surface area contributed by atoms with Gasteiger partial charge < -0.3 is 31.0 Å². The van der Waals surface area contributed by atoms with Gasteiger partial charge in [-0.15, -0.1) is 0 Å². The van der Waals surface area contributed by atoms with E-state index >= 15 is 0 Å². The molecule has 0 saturated carbocycles. The number of urea groups is 1. The van der Waals surface area contributed by atoms with E-state index in [-0.39, 0.29) is 6.29 Å². The van der Waals surface area contributed by atoms with Gasteiger partial charge in [-0.05, 0) is 0 Å². The van der Waals surface area contributed by atoms with E-state index in [2.05, 4.69) is 10.6 Å². The first kappa shape index (κ1) is 14.7. The fraction of sp³-hybridized carbons (Fsp3) is 0.714. The molecule has 0 saturated heterocycles. The lowest BCUT2D eigenvalue weighted by molar-refractivity contribution is -0.153. The Morgan fingerprint density at radius 2 is 1.94 bits per heavy atom. The number of nitrogens with two attached hydrogens (primary N) is 1. The second-order valence-electron chi connectivity index (χ2n) is 2.92. The number of aliphatic hydroxyl groups is 4. The van der Waals surface area contributed by atoms with E-state index in [1.54, 1.807) is 5.48 Å². The topological polar surface area (TPSA) is 162 Å². The molecule has 0 heterocycles. The summed E-state index contributed by atoms with van der Waals surface area (Å²) in [4.78, 5) is 25.0. The van der Waals surface area contributed by atoms with Crippen molar-refractivity contribution in [1.29, 1.82) is 0 Å². The van der Waals surface area contributed by atoms with Crippen LogP contribution in [0.4, 0.5) is 4.79 Å². The number of primary amides is 1. The first-order valence-corrected chi connectivity index (χ1v) is 4.25. The maximum absolute atomic E-state index is 10.4. The smallest absolute Gasteiger partial charge is 0.336 e. The third kappa shape index (κ3) is 4.51. The summed E-state index contributed by atoms with van der Waals surface area (Å²) >= 11 is 0. The average molecular weight is 238 g/mol. The van der Waals surface area contributed by atoms with Gasteiger partial charge in [0.25, 0.3) is 0 Å². The van der Waals surface area contributed by atoms with Gasteiger partial charge in [-0.25, -0.2) is 10.3 Å². The third-order valence-corrected chi connectivity index (χ3v) is 1.70. The molecule has 0 rings (SSSR count). The first-order chi connectivity index (χ1) is 7.43. The number of amides is 2. The quantitative estimate of drug-likeness (QED) is 0.196. The molecule has 0 aromatic rings. The molecule has 0 fully saturated rings. The Morgan fingerprint density at radius 1 is 1.38 bits per heavy atom. The third-order valence-electron chi connectivity index (χ3n) is 1.70. The van der Waals surface area contributed by atoms with Gasteiger partial charge in [-0.2, -0.15) is 0 Å². The summed E-state index contributed by atoms with van der Waals surface area (Å²) in [5.74, 6) is 0. The van der Waals surface area contributed by atoms with Gasteiger partial charge in [0.05, 0.1) is 6.61 Å². The van der Waals surface area contributed by atoms with Crippen LogP contribution in [0.1, 0.15) is 0 Å². The Labute approximate surface area is 90.4 Å². The number of nitrogens with one attached hydrogen (secondary N) is 1. The molecule has 7 N–H and O–H groups in total. The van der Waals surface area contributed by atoms with Gasteiger partial charge in [0.2, 0.25) is 0 Å². The van der Waals surface area contributed by atoms with Crippen molar-refractivity contribution in [3.8, 4) is 0 Å². The molecule has 4 unspecified atom stereocenters. The normalized spacial score (nSPS) is 18.2. The maximum Gasteiger partial charge on any atom is 0.336 e. The van der Waals surface area contributed by atoms with E-state index in [4.69, 9.17) is 10.2 Å². The van der Waals surface area contributed by atoms with Crippen LogP contribution in [0.15, 0.2) is 0 Å². The average Bonchev–Trinajstić information content (AvgIpc) is 2.27. The van der Waals surface area contributed by atoms with E-state index < -0.39 is 37.1 Å². The Bertz CT molecular complexity index is 237. The molecule has 0 aliphatic carbocycles. The largest absolute Gasteiger partial charge is 0.394 e. The van der Waals surface area contributed by atoms with Crippen molar-refractivity contribution >= 4 is 12.3 Å². The minimum Gasteiger partial charge on any atom is -0.394 e. The van der Waals surface area contributed by atoms with Gasteiger partial charge >= 0.3 is 6.03 Å². The van der Waals surface area contributed by atoms with Crippen LogP contribution in [-0.2, 0) is 9.63 Å². The molecule has 0 spiro atoms. The van der Waals surface area contributed by atoms with Crippen LogP contribution in [0, 0.1) is 0 Å². The van der Waals surface area contributed by atoms with Crippen LogP contribution in [0.25, 0.3) is 0 Å². The van der Waals surface area contributed by atoms with E-state index in [0.29, 0.717) is 0 Å². The number of aldehydes is 1. The molecule has 9 nitrogen and oxygen atoms in total. The van der Waals surface area contributed by atoms with Crippen molar-refractivity contribution in [3.05, 3.63) is 0 Å². The highest BCUT2D eigenvalue weighted by Gasteiger charge is 2.32. The molecule has 0 aromatic heterocycles. The van der Waals surface area contributed by atoms with Crippen LogP contribution in [0.5, 0.6) is 0 Å². The molecule has 0 aromatic carbocycles.